The summed E-state index contributed by atoms with van der Waals surface area (Å²) in [5.41, 5.74) is 0. The van der Waals surface area contributed by atoms with Gasteiger partial charge in [0.1, 0.15) is 11.1 Å². The topological polar surface area (TPSA) is 37.3 Å². The number of hydrogen-bond acceptors (Lipinski definition) is 1. The molecule has 2 nitrogen and oxygen atoms in total. The zero-order valence-electron chi connectivity index (χ0n) is 2.97. The molecule has 0 aliphatic carbocycles. The molecule has 1 atom stereocenters. The van der Waals surface area contributed by atoms with Gasteiger partial charge < -0.3 is 4.55 Å². The molecule has 0 aliphatic heterocycles. The van der Waals surface area contributed by atoms with Gasteiger partial charge in [-0.2, -0.15) is 0 Å². The van der Waals surface area contributed by atoms with Gasteiger partial charge >= 0.3 is 0 Å². The fraction of sp³-hybridized carbons (Fsp3) is 1.00. The number of hydrogen-bond donors (Lipinski definition) is 1. The van der Waals surface area contributed by atoms with Gasteiger partial charge in [0.2, 0.25) is 0 Å². The van der Waals surface area contributed by atoms with Crippen molar-refractivity contribution in [2.75, 3.05) is 6.26 Å². The van der Waals surface area contributed by atoms with Crippen molar-refractivity contribution in [3.05, 3.63) is 0 Å². The normalized spacial score (nSPS) is 12.4. The third kappa shape index (κ3) is 65.8. The Morgan fingerprint density at radius 1 is 1.80 bits per heavy atom. The van der Waals surface area contributed by atoms with Crippen LogP contribution in [-0.4, -0.2) is 15.0 Å². The van der Waals surface area contributed by atoms with Crippen LogP contribution >= 0.6 is 0 Å². The molecule has 1 unspecified atom stereocenters. The van der Waals surface area contributed by atoms with E-state index in [1.54, 1.807) is 0 Å². The monoisotopic (exact) mass is 144 g/mol. The molecule has 0 amide bonds. The molecular weight excluding hydrogens is 141 g/mol. The molecule has 0 aliphatic rings. The smallest absolute Gasteiger partial charge is 0.149 e. The van der Waals surface area contributed by atoms with Crippen molar-refractivity contribution in [2.45, 2.75) is 0 Å². The van der Waals surface area contributed by atoms with Gasteiger partial charge in [0.25, 0.3) is 0 Å². The molecule has 0 aromatic rings. The van der Waals surface area contributed by atoms with Crippen molar-refractivity contribution in [2.24, 2.45) is 0 Å². The van der Waals surface area contributed by atoms with E-state index >= 15 is 0 Å². The first kappa shape index (κ1) is 9.22. The quantitative estimate of drug-likeness (QED) is 0.380. The third-order valence-corrected chi connectivity index (χ3v) is 0. The fourth-order valence-electron chi connectivity index (χ4n) is 0. The maximum atomic E-state index is 9.11. The van der Waals surface area contributed by atoms with Crippen LogP contribution in [0.2, 0.25) is 0 Å². The Bertz CT molecular complexity index is 32.6. The van der Waals surface area contributed by atoms with E-state index in [-0.39, 0.29) is 19.5 Å². The molecule has 28 valence electrons. The summed E-state index contributed by atoms with van der Waals surface area (Å²) in [4.78, 5) is 0. The Kier molecular flexibility index (Phi) is 8.72. The molecule has 0 saturated carbocycles. The van der Waals surface area contributed by atoms with Gasteiger partial charge in [-0.05, 0) is 0 Å². The van der Waals surface area contributed by atoms with Gasteiger partial charge in [0.05, 0.1) is 0 Å². The van der Waals surface area contributed by atoms with E-state index in [1.165, 1.54) is 6.26 Å². The maximum Gasteiger partial charge on any atom is 0.149 e. The Hall–Kier alpha value is 0.733. The van der Waals surface area contributed by atoms with Gasteiger partial charge in [-0.1, -0.05) is 0 Å². The summed E-state index contributed by atoms with van der Waals surface area (Å²) in [5.74, 6) is 0. The van der Waals surface area contributed by atoms with Crippen molar-refractivity contribution in [1.29, 1.82) is 0 Å². The minimum Gasteiger partial charge on any atom is -0.306 e. The Labute approximate surface area is 46.0 Å². The summed E-state index contributed by atoms with van der Waals surface area (Å²) in [6.07, 6.45) is 1.19. The van der Waals surface area contributed by atoms with Gasteiger partial charge in [0, 0.05) is 25.7 Å². The average Bonchev–Trinajstić information content (AvgIpc) is 0.811. The maximum absolute atomic E-state index is 9.11. The second-order valence-electron chi connectivity index (χ2n) is 0.424. The molecule has 0 spiro atoms. The molecule has 5 heavy (non-hydrogen) atoms. The van der Waals surface area contributed by atoms with Gasteiger partial charge in [-0.25, -0.2) is 4.21 Å². The Morgan fingerprint density at radius 2 is 1.80 bits per heavy atom. The molecule has 0 fully saturated rings. The molecule has 1 N–H and O–H groups in total. The van der Waals surface area contributed by atoms with E-state index < -0.39 is 11.1 Å². The van der Waals surface area contributed by atoms with Gasteiger partial charge in [-0.3, -0.25) is 0 Å². The van der Waals surface area contributed by atoms with E-state index in [1.807, 2.05) is 0 Å². The van der Waals surface area contributed by atoms with Gasteiger partial charge in [-0.15, -0.1) is 0 Å². The van der Waals surface area contributed by atoms with Crippen LogP contribution in [0.1, 0.15) is 0 Å². The van der Waals surface area contributed by atoms with Crippen molar-refractivity contribution in [1.82, 2.24) is 0 Å². The molecule has 4 heteroatoms. The van der Waals surface area contributed by atoms with Crippen LogP contribution in [0.4, 0.5) is 0 Å². The largest absolute Gasteiger partial charge is 0.306 e. The average molecular weight is 145 g/mol. The molecule has 0 rings (SSSR count). The Balaban J connectivity index is 0. The first-order chi connectivity index (χ1) is 1.73. The fourth-order valence-corrected chi connectivity index (χ4v) is 0. The van der Waals surface area contributed by atoms with Crippen LogP contribution in [0.15, 0.2) is 0 Å². The summed E-state index contributed by atoms with van der Waals surface area (Å²) in [7, 11) is 0. The first-order valence-corrected chi connectivity index (χ1v) is 2.27. The van der Waals surface area contributed by atoms with E-state index in [0.717, 1.165) is 0 Å². The van der Waals surface area contributed by atoms with E-state index in [4.69, 9.17) is 8.76 Å². The van der Waals surface area contributed by atoms with Crippen LogP contribution in [-0.2, 0) is 30.6 Å². The van der Waals surface area contributed by atoms with Crippen molar-refractivity contribution in [3.63, 3.8) is 0 Å². The molecule has 0 aromatic carbocycles. The summed E-state index contributed by atoms with van der Waals surface area (Å²) in [5, 5.41) is 0. The second kappa shape index (κ2) is 4.73. The zero-order chi connectivity index (χ0) is 3.58. The molecule has 0 bridgehead atoms. The standard InChI is InChI=1S/CH4O2S.Zn/c1-4(2)3;/h1H3,(H,2,3);. The van der Waals surface area contributed by atoms with E-state index in [2.05, 4.69) is 0 Å². The summed E-state index contributed by atoms with van der Waals surface area (Å²) in [6, 6.07) is 0. The predicted molar refractivity (Wildman–Crippen MR) is 16.7 cm³/mol. The van der Waals surface area contributed by atoms with E-state index in [0.29, 0.717) is 0 Å². The zero-order valence-corrected chi connectivity index (χ0v) is 6.75. The third-order valence-electron chi connectivity index (χ3n) is 0. The second-order valence-corrected chi connectivity index (χ2v) is 1.27. The minimum absolute atomic E-state index is 0. The van der Waals surface area contributed by atoms with Crippen molar-refractivity contribution >= 4 is 11.1 Å². The summed E-state index contributed by atoms with van der Waals surface area (Å²) < 4.78 is 16.6. The van der Waals surface area contributed by atoms with Crippen LogP contribution in [0.25, 0.3) is 0 Å². The van der Waals surface area contributed by atoms with Crippen LogP contribution in [0.3, 0.4) is 0 Å². The predicted octanol–water partition coefficient (Wildman–Crippen LogP) is -0.165. The van der Waals surface area contributed by atoms with Crippen molar-refractivity contribution < 1.29 is 28.2 Å². The van der Waals surface area contributed by atoms with Crippen LogP contribution in [0, 0.1) is 0 Å². The Morgan fingerprint density at radius 3 is 1.80 bits per heavy atom. The molecule has 0 heterocycles. The molecule has 0 radical (unpaired) electrons. The summed E-state index contributed by atoms with van der Waals surface area (Å²) in [6.45, 7) is 0. The summed E-state index contributed by atoms with van der Waals surface area (Å²) >= 11 is -1.61. The number of rotatable bonds is 0. The van der Waals surface area contributed by atoms with Crippen LogP contribution < -0.4 is 0 Å². The molecule has 0 saturated heterocycles. The van der Waals surface area contributed by atoms with E-state index in [9.17, 15) is 0 Å². The van der Waals surface area contributed by atoms with Gasteiger partial charge in [0.15, 0.2) is 0 Å². The van der Waals surface area contributed by atoms with Crippen LogP contribution in [0.5, 0.6) is 0 Å². The first-order valence-electron chi connectivity index (χ1n) is 0.757. The SMILES string of the molecule is CS(=O)O.[Zn]. The molecule has 0 aromatic heterocycles. The molecular formula is CH4O2SZn. The minimum atomic E-state index is -1.61. The van der Waals surface area contributed by atoms with Crippen molar-refractivity contribution in [3.8, 4) is 0 Å².